The molecule has 1 heterocycles. The molecule has 1 unspecified atom stereocenters. The summed E-state index contributed by atoms with van der Waals surface area (Å²) in [5.41, 5.74) is 10.1. The lowest BCUT2D eigenvalue weighted by Gasteiger charge is -2.15. The van der Waals surface area contributed by atoms with Crippen molar-refractivity contribution in [3.63, 3.8) is 0 Å². The number of benzene rings is 1. The molecule has 1 amide bonds. The Kier molecular flexibility index (Phi) is 8.15. The third kappa shape index (κ3) is 6.44. The van der Waals surface area contributed by atoms with E-state index in [1.807, 2.05) is 0 Å². The van der Waals surface area contributed by atoms with Crippen LogP contribution in [0, 0.1) is 0 Å². The number of phenols is 1. The highest BCUT2D eigenvalue weighted by molar-refractivity contribution is 5.97. The summed E-state index contributed by atoms with van der Waals surface area (Å²) in [4.78, 5) is 63.9. The minimum atomic E-state index is -1.45. The van der Waals surface area contributed by atoms with Crippen molar-refractivity contribution < 1.29 is 39.6 Å². The van der Waals surface area contributed by atoms with Crippen LogP contribution in [0.25, 0.3) is 0 Å². The Balaban J connectivity index is 2.16. The monoisotopic (exact) mass is 477 g/mol. The molecule has 1 aromatic heterocycles. The fourth-order valence-corrected chi connectivity index (χ4v) is 3.23. The second kappa shape index (κ2) is 10.8. The second-order valence-corrected chi connectivity index (χ2v) is 7.32. The zero-order valence-corrected chi connectivity index (χ0v) is 17.6. The molecule has 0 saturated heterocycles. The largest absolute Gasteiger partial charge is 0.508 e. The minimum Gasteiger partial charge on any atom is -0.508 e. The molecular weight excluding hydrogens is 454 g/mol. The van der Waals surface area contributed by atoms with Crippen LogP contribution in [0.4, 0.5) is 11.8 Å². The average Bonchev–Trinajstić information content (AvgIpc) is 2.72. The maximum absolute atomic E-state index is 12.3. The van der Waals surface area contributed by atoms with Gasteiger partial charge in [0.25, 0.3) is 11.5 Å². The van der Waals surface area contributed by atoms with Crippen LogP contribution in [0.3, 0.4) is 0 Å². The van der Waals surface area contributed by atoms with Crippen molar-refractivity contribution in [1.29, 1.82) is 0 Å². The third-order valence-electron chi connectivity index (χ3n) is 4.95. The minimum absolute atomic E-state index is 0.0235. The molecule has 34 heavy (non-hydrogen) atoms. The normalized spacial score (nSPS) is 12.5. The van der Waals surface area contributed by atoms with Gasteiger partial charge in [-0.25, -0.2) is 4.79 Å². The van der Waals surface area contributed by atoms with E-state index < -0.39 is 47.8 Å². The number of carboxylic acids is 3. The number of aromatic hydroxyl groups is 1. The van der Waals surface area contributed by atoms with E-state index in [1.165, 1.54) is 12.1 Å². The van der Waals surface area contributed by atoms with Gasteiger partial charge in [-0.15, -0.1) is 0 Å². The lowest BCUT2D eigenvalue weighted by molar-refractivity contribution is -0.141. The van der Waals surface area contributed by atoms with Gasteiger partial charge in [-0.3, -0.25) is 24.2 Å². The first kappa shape index (κ1) is 25.6. The van der Waals surface area contributed by atoms with Gasteiger partial charge in [0.2, 0.25) is 5.95 Å². The van der Waals surface area contributed by atoms with Gasteiger partial charge in [-0.2, -0.15) is 4.98 Å². The molecule has 0 bridgehead atoms. The van der Waals surface area contributed by atoms with Crippen molar-refractivity contribution in [2.75, 3.05) is 11.5 Å². The number of nitrogen functional groups attached to an aromatic ring is 2. The number of aryl methyl sites for hydroxylation is 1. The molecule has 10 N–H and O–H groups in total. The average molecular weight is 477 g/mol. The lowest BCUT2D eigenvalue weighted by atomic mass is 9.92. The maximum Gasteiger partial charge on any atom is 0.326 e. The van der Waals surface area contributed by atoms with E-state index in [0.717, 1.165) is 6.07 Å². The molecule has 0 saturated carbocycles. The molecule has 14 heteroatoms. The first-order chi connectivity index (χ1) is 15.9. The van der Waals surface area contributed by atoms with Gasteiger partial charge >= 0.3 is 17.9 Å². The van der Waals surface area contributed by atoms with E-state index in [0.29, 0.717) is 0 Å². The van der Waals surface area contributed by atoms with Crippen LogP contribution in [0.1, 0.15) is 46.7 Å². The highest BCUT2D eigenvalue weighted by Gasteiger charge is 2.27. The molecule has 0 spiro atoms. The molecule has 0 aliphatic rings. The summed E-state index contributed by atoms with van der Waals surface area (Å²) in [5, 5.41) is 39.8. The Hall–Kier alpha value is -4.62. The highest BCUT2D eigenvalue weighted by Crippen LogP contribution is 2.27. The molecule has 0 aliphatic carbocycles. The molecule has 0 aliphatic heterocycles. The van der Waals surface area contributed by atoms with E-state index in [9.17, 15) is 34.2 Å². The van der Waals surface area contributed by atoms with Crippen molar-refractivity contribution in [3.05, 3.63) is 45.2 Å². The Labute approximate surface area is 191 Å². The van der Waals surface area contributed by atoms with Gasteiger partial charge in [0, 0.05) is 12.0 Å². The molecule has 2 rings (SSSR count). The second-order valence-electron chi connectivity index (χ2n) is 7.32. The quantitative estimate of drug-likeness (QED) is 0.203. The van der Waals surface area contributed by atoms with Crippen molar-refractivity contribution in [2.24, 2.45) is 0 Å². The fraction of sp³-hybridized carbons (Fsp3) is 0.300. The van der Waals surface area contributed by atoms with Gasteiger partial charge in [0.15, 0.2) is 0 Å². The molecule has 1 aromatic carbocycles. The summed E-state index contributed by atoms with van der Waals surface area (Å²) in [7, 11) is 0. The number of nitrogens with two attached hydrogens (primary N) is 2. The number of phenolic OH excluding ortho intramolecular Hbond substituents is 1. The van der Waals surface area contributed by atoms with Gasteiger partial charge in [-0.1, -0.05) is 6.07 Å². The van der Waals surface area contributed by atoms with Crippen LogP contribution in [-0.4, -0.2) is 60.3 Å². The van der Waals surface area contributed by atoms with Gasteiger partial charge in [0.1, 0.15) is 17.6 Å². The van der Waals surface area contributed by atoms with Gasteiger partial charge in [-0.05, 0) is 37.0 Å². The zero-order chi connectivity index (χ0) is 25.6. The number of anilines is 2. The number of carboxylic acid groups (broad SMARTS) is 3. The van der Waals surface area contributed by atoms with Crippen molar-refractivity contribution in [3.8, 4) is 5.75 Å². The summed E-state index contributed by atoms with van der Waals surface area (Å²) in [6.45, 7) is 0. The highest BCUT2D eigenvalue weighted by atomic mass is 16.4. The number of carbonyl (C=O) groups is 4. The van der Waals surface area contributed by atoms with Crippen molar-refractivity contribution in [1.82, 2.24) is 15.3 Å². The third-order valence-corrected chi connectivity index (χ3v) is 4.95. The van der Waals surface area contributed by atoms with E-state index >= 15 is 0 Å². The number of rotatable bonds is 11. The van der Waals surface area contributed by atoms with Crippen LogP contribution in [0.2, 0.25) is 0 Å². The standard InChI is InChI=1S/C20H23N5O9/c21-15-14(17(30)25-20(22)24-15)10(18(31)32)4-3-8-1-2-9(7-12(8)26)16(29)23-11(19(33)34)5-6-13(27)28/h1-2,7,10-11,26H,3-6H2,(H,23,29)(H,27,28)(H,31,32)(H,33,34)(H5,21,22,24,25,30)/t10?,11-/m0/s1. The predicted octanol–water partition coefficient (Wildman–Crippen LogP) is -0.511. The number of carbonyl (C=O) groups excluding carboxylic acids is 1. The van der Waals surface area contributed by atoms with Crippen LogP contribution < -0.4 is 22.3 Å². The smallest absolute Gasteiger partial charge is 0.326 e. The number of H-pyrrole nitrogens is 1. The number of aromatic amines is 1. The Morgan fingerprint density at radius 1 is 1.06 bits per heavy atom. The van der Waals surface area contributed by atoms with E-state index in [-0.39, 0.29) is 53.5 Å². The van der Waals surface area contributed by atoms with Gasteiger partial charge < -0.3 is 37.2 Å². The van der Waals surface area contributed by atoms with Gasteiger partial charge in [0.05, 0.1) is 11.5 Å². The SMILES string of the molecule is Nc1nc(N)c(C(CCc2ccc(C(=O)N[C@@H](CCC(=O)O)C(=O)O)cc2O)C(=O)O)c(=O)[nH]1. The predicted molar refractivity (Wildman–Crippen MR) is 116 cm³/mol. The molecular formula is C20H23N5O9. The molecule has 0 fully saturated rings. The van der Waals surface area contributed by atoms with Crippen LogP contribution in [-0.2, 0) is 20.8 Å². The summed E-state index contributed by atoms with van der Waals surface area (Å²) >= 11 is 0. The Morgan fingerprint density at radius 3 is 2.26 bits per heavy atom. The molecule has 0 radical (unpaired) electrons. The first-order valence-corrected chi connectivity index (χ1v) is 9.86. The zero-order valence-electron chi connectivity index (χ0n) is 17.6. The topological polar surface area (TPSA) is 259 Å². The number of aliphatic carboxylic acids is 3. The first-order valence-electron chi connectivity index (χ1n) is 9.86. The summed E-state index contributed by atoms with van der Waals surface area (Å²) in [6.07, 6.45) is -0.976. The molecule has 14 nitrogen and oxygen atoms in total. The van der Waals surface area contributed by atoms with Crippen molar-refractivity contribution >= 4 is 35.6 Å². The number of aromatic nitrogens is 2. The fourth-order valence-electron chi connectivity index (χ4n) is 3.23. The lowest BCUT2D eigenvalue weighted by Crippen LogP contribution is -2.41. The summed E-state index contributed by atoms with van der Waals surface area (Å²) in [5.74, 6) is -7.16. The number of amides is 1. The molecule has 182 valence electrons. The summed E-state index contributed by atoms with van der Waals surface area (Å²) < 4.78 is 0. The van der Waals surface area contributed by atoms with Crippen LogP contribution in [0.5, 0.6) is 5.75 Å². The van der Waals surface area contributed by atoms with Crippen LogP contribution in [0.15, 0.2) is 23.0 Å². The van der Waals surface area contributed by atoms with E-state index in [4.69, 9.17) is 21.7 Å². The number of nitrogens with zero attached hydrogens (tertiary/aromatic N) is 1. The van der Waals surface area contributed by atoms with Crippen LogP contribution >= 0.6 is 0 Å². The Bertz CT molecular complexity index is 1180. The maximum atomic E-state index is 12.3. The Morgan fingerprint density at radius 2 is 1.74 bits per heavy atom. The summed E-state index contributed by atoms with van der Waals surface area (Å²) in [6, 6.07) is 2.23. The van der Waals surface area contributed by atoms with E-state index in [1.54, 1.807) is 0 Å². The molecule has 2 aromatic rings. The number of nitrogens with one attached hydrogen (secondary N) is 2. The number of hydrogen-bond donors (Lipinski definition) is 8. The van der Waals surface area contributed by atoms with Crippen molar-refractivity contribution in [2.45, 2.75) is 37.6 Å². The number of hydrogen-bond acceptors (Lipinski definition) is 9. The molecule has 2 atom stereocenters. The van der Waals surface area contributed by atoms with E-state index in [2.05, 4.69) is 15.3 Å².